The first kappa shape index (κ1) is 31.5. The first-order chi connectivity index (χ1) is 14.0. The number of methoxy groups -OCH3 is 3. The minimum Gasteiger partial charge on any atom is -0.493 e. The number of ether oxygens (including phenoxy) is 3. The highest BCUT2D eigenvalue weighted by Crippen LogP contribution is 2.38. The molecule has 0 aliphatic rings. The molecular formula is C17H29NO10S3. The molecule has 1 rings (SSSR count). The number of carboxylic acid groups (broad SMARTS) is 1. The average molecular weight is 504 g/mol. The fourth-order valence-electron chi connectivity index (χ4n) is 2.11. The Morgan fingerprint density at radius 2 is 1.58 bits per heavy atom. The van der Waals surface area contributed by atoms with E-state index in [0.717, 1.165) is 7.11 Å². The number of hydrogen-bond donors (Lipinski definition) is 3. The number of benzene rings is 1. The molecular weight excluding hydrogens is 474 g/mol. The lowest BCUT2D eigenvalue weighted by Gasteiger charge is -2.15. The largest absolute Gasteiger partial charge is 0.493 e. The maximum Gasteiger partial charge on any atom is 0.397 e. The van der Waals surface area contributed by atoms with Crippen LogP contribution in [0.25, 0.3) is 0 Å². The highest BCUT2D eigenvalue weighted by atomic mass is 32.3. The van der Waals surface area contributed by atoms with E-state index in [4.69, 9.17) is 18.8 Å². The molecule has 11 nitrogen and oxygen atoms in total. The monoisotopic (exact) mass is 503 g/mol. The topological polar surface area (TPSA) is 158 Å². The molecule has 0 aliphatic carbocycles. The van der Waals surface area contributed by atoms with E-state index in [0.29, 0.717) is 35.0 Å². The van der Waals surface area contributed by atoms with E-state index in [-0.39, 0.29) is 25.8 Å². The van der Waals surface area contributed by atoms with Crippen LogP contribution in [-0.4, -0.2) is 82.9 Å². The molecule has 14 heteroatoms. The molecule has 180 valence electrons. The van der Waals surface area contributed by atoms with E-state index in [9.17, 15) is 23.1 Å². The van der Waals surface area contributed by atoms with Gasteiger partial charge in [0.1, 0.15) is 6.04 Å². The lowest BCUT2D eigenvalue weighted by atomic mass is 10.1. The summed E-state index contributed by atoms with van der Waals surface area (Å²) in [7, 11) is 1.12. The number of carbonyl (C=O) groups excluding carboxylic acids is 1. The molecule has 0 aromatic heterocycles. The second-order valence-electron chi connectivity index (χ2n) is 5.48. The molecule has 0 radical (unpaired) electrons. The van der Waals surface area contributed by atoms with Gasteiger partial charge in [-0.25, -0.2) is 0 Å². The van der Waals surface area contributed by atoms with Gasteiger partial charge in [0, 0.05) is 5.56 Å². The summed E-state index contributed by atoms with van der Waals surface area (Å²) in [4.78, 5) is 23.6. The summed E-state index contributed by atoms with van der Waals surface area (Å²) in [6, 6.07) is 2.33. The standard InChI is InChI=1S/C16H23NO6S.CH4O4S.H2S/c1-21-13-7-10(8-14(22-2)15(13)23-3)12(18)9-17-11(16(19)20)5-6-24-4;1-5-6(2,3)4;/h7-8,11,17H,5-6,9H2,1-4H3,(H,19,20);1H3,(H,2,3,4);1H2/t11-;;/m0../s1. The Morgan fingerprint density at radius 3 is 1.90 bits per heavy atom. The molecule has 1 atom stereocenters. The molecule has 0 unspecified atom stereocenters. The zero-order valence-electron chi connectivity index (χ0n) is 17.8. The van der Waals surface area contributed by atoms with Gasteiger partial charge in [-0.05, 0) is 30.6 Å². The van der Waals surface area contributed by atoms with Gasteiger partial charge in [0.15, 0.2) is 17.3 Å². The van der Waals surface area contributed by atoms with E-state index >= 15 is 0 Å². The number of Topliss-reactive ketones (excluding diaryl/α,β-unsaturated/α-hetero) is 1. The minimum atomic E-state index is -4.16. The van der Waals surface area contributed by atoms with Crippen LogP contribution in [0.3, 0.4) is 0 Å². The molecule has 0 aliphatic heterocycles. The van der Waals surface area contributed by atoms with E-state index in [1.807, 2.05) is 6.26 Å². The van der Waals surface area contributed by atoms with E-state index in [1.165, 1.54) is 21.3 Å². The van der Waals surface area contributed by atoms with E-state index in [2.05, 4.69) is 9.50 Å². The summed E-state index contributed by atoms with van der Waals surface area (Å²) in [5.41, 5.74) is 0.353. The Balaban J connectivity index is 0. The highest BCUT2D eigenvalue weighted by Gasteiger charge is 2.20. The first-order valence-electron chi connectivity index (χ1n) is 8.35. The maximum absolute atomic E-state index is 12.4. The van der Waals surface area contributed by atoms with Gasteiger partial charge in [0.25, 0.3) is 0 Å². The molecule has 0 saturated carbocycles. The van der Waals surface area contributed by atoms with Gasteiger partial charge in [-0.1, -0.05) is 0 Å². The predicted molar refractivity (Wildman–Crippen MR) is 122 cm³/mol. The fraction of sp³-hybridized carbons (Fsp3) is 0.529. The van der Waals surface area contributed by atoms with Crippen LogP contribution in [0.15, 0.2) is 12.1 Å². The van der Waals surface area contributed by atoms with Crippen molar-refractivity contribution in [3.05, 3.63) is 17.7 Å². The van der Waals surface area contributed by atoms with Gasteiger partial charge in [0.05, 0.1) is 35.0 Å². The molecule has 0 bridgehead atoms. The van der Waals surface area contributed by atoms with Crippen LogP contribution in [0.2, 0.25) is 0 Å². The van der Waals surface area contributed by atoms with E-state index < -0.39 is 22.4 Å². The van der Waals surface area contributed by atoms with Crippen LogP contribution in [0.4, 0.5) is 0 Å². The predicted octanol–water partition coefficient (Wildman–Crippen LogP) is 1.24. The van der Waals surface area contributed by atoms with Crippen molar-refractivity contribution in [2.75, 3.05) is 47.0 Å². The van der Waals surface area contributed by atoms with Gasteiger partial charge in [-0.15, -0.1) is 0 Å². The smallest absolute Gasteiger partial charge is 0.397 e. The van der Waals surface area contributed by atoms with Crippen LogP contribution in [-0.2, 0) is 19.4 Å². The second-order valence-corrected chi connectivity index (χ2v) is 7.66. The number of aliphatic carboxylic acids is 1. The van der Waals surface area contributed by atoms with Crippen molar-refractivity contribution in [1.82, 2.24) is 5.32 Å². The summed E-state index contributed by atoms with van der Waals surface area (Å²) < 4.78 is 45.3. The first-order valence-corrected chi connectivity index (χ1v) is 11.1. The zero-order chi connectivity index (χ0) is 23.3. The minimum absolute atomic E-state index is 0. The Hall–Kier alpha value is -1.71. The maximum atomic E-state index is 12.4. The number of carbonyl (C=O) groups is 2. The Morgan fingerprint density at radius 1 is 1.10 bits per heavy atom. The molecule has 0 fully saturated rings. The number of rotatable bonds is 12. The summed E-state index contributed by atoms with van der Waals surface area (Å²) in [5, 5.41) is 12.0. The molecule has 0 heterocycles. The summed E-state index contributed by atoms with van der Waals surface area (Å²) in [5.74, 6) is 0.608. The average Bonchev–Trinajstić information content (AvgIpc) is 2.71. The van der Waals surface area contributed by atoms with Gasteiger partial charge in [-0.2, -0.15) is 33.7 Å². The van der Waals surface area contributed by atoms with Crippen LogP contribution in [0.1, 0.15) is 16.8 Å². The van der Waals surface area contributed by atoms with Crippen LogP contribution < -0.4 is 19.5 Å². The molecule has 0 amide bonds. The van der Waals surface area contributed by atoms with Crippen molar-refractivity contribution in [1.29, 1.82) is 0 Å². The molecule has 0 saturated heterocycles. The Labute approximate surface area is 193 Å². The quantitative estimate of drug-likeness (QED) is 0.277. The zero-order valence-corrected chi connectivity index (χ0v) is 20.5. The van der Waals surface area contributed by atoms with Gasteiger partial charge in [0.2, 0.25) is 5.75 Å². The second kappa shape index (κ2) is 16.0. The number of carboxylic acids is 1. The molecule has 31 heavy (non-hydrogen) atoms. The van der Waals surface area contributed by atoms with E-state index in [1.54, 1.807) is 23.9 Å². The Bertz CT molecular complexity index is 776. The summed E-state index contributed by atoms with van der Waals surface area (Å²) in [6.07, 6.45) is 2.35. The molecule has 1 aromatic carbocycles. The van der Waals surface area contributed by atoms with Crippen molar-refractivity contribution < 1.29 is 46.1 Å². The molecule has 1 aromatic rings. The van der Waals surface area contributed by atoms with Crippen molar-refractivity contribution in [3.8, 4) is 17.2 Å². The lowest BCUT2D eigenvalue weighted by Crippen LogP contribution is -2.40. The number of ketones is 1. The summed E-state index contributed by atoms with van der Waals surface area (Å²) in [6.45, 7) is -0.0933. The van der Waals surface area contributed by atoms with Crippen LogP contribution in [0, 0.1) is 0 Å². The molecule has 0 spiro atoms. The van der Waals surface area contributed by atoms with Crippen LogP contribution >= 0.6 is 25.3 Å². The van der Waals surface area contributed by atoms with Crippen molar-refractivity contribution in [2.45, 2.75) is 12.5 Å². The SMILES string of the molecule is COS(=O)(=O)O.COc1cc(C(=O)CN[C@@H](CCSC)C(=O)O)cc(OC)c1OC.S. The summed E-state index contributed by atoms with van der Waals surface area (Å²) >= 11 is 1.56. The highest BCUT2D eigenvalue weighted by molar-refractivity contribution is 7.98. The Kier molecular flexibility index (Phi) is 16.2. The third-order valence-electron chi connectivity index (χ3n) is 3.62. The lowest BCUT2D eigenvalue weighted by molar-refractivity contribution is -0.139. The third-order valence-corrected chi connectivity index (χ3v) is 4.68. The van der Waals surface area contributed by atoms with Gasteiger partial charge >= 0.3 is 16.4 Å². The number of nitrogens with one attached hydrogen (secondary N) is 1. The van der Waals surface area contributed by atoms with Crippen LogP contribution in [0.5, 0.6) is 17.2 Å². The van der Waals surface area contributed by atoms with Crippen molar-refractivity contribution >= 4 is 47.4 Å². The normalized spacial score (nSPS) is 11.3. The van der Waals surface area contributed by atoms with Crippen molar-refractivity contribution in [2.24, 2.45) is 0 Å². The van der Waals surface area contributed by atoms with Gasteiger partial charge in [-0.3, -0.25) is 23.6 Å². The molecule has 3 N–H and O–H groups in total. The number of thioether (sulfide) groups is 1. The fourth-order valence-corrected chi connectivity index (χ4v) is 2.58. The van der Waals surface area contributed by atoms with Crippen molar-refractivity contribution in [3.63, 3.8) is 0 Å². The third kappa shape index (κ3) is 12.0. The number of hydrogen-bond acceptors (Lipinski definition) is 10. The van der Waals surface area contributed by atoms with Gasteiger partial charge < -0.3 is 19.3 Å².